The van der Waals surface area contributed by atoms with Gasteiger partial charge in [-0.2, -0.15) is 0 Å². The minimum absolute atomic E-state index is 0. The second-order valence-electron chi connectivity index (χ2n) is 15.1. The first-order chi connectivity index (χ1) is 29.6. The molecule has 0 atom stereocenters. The summed E-state index contributed by atoms with van der Waals surface area (Å²) >= 11 is 11.9. The number of carbonyl (C=O) groups excluding carboxylic acids is 2. The fourth-order valence-electron chi connectivity index (χ4n) is 7.49. The molecule has 0 radical (unpaired) electrons. The number of rotatable bonds is 13. The number of hydrogen-bond acceptors (Lipinski definition) is 12. The topological polar surface area (TPSA) is 168 Å². The van der Waals surface area contributed by atoms with E-state index >= 15 is 0 Å². The molecule has 1 aliphatic carbocycles. The van der Waals surface area contributed by atoms with Gasteiger partial charge in [0.05, 0.1) is 81.7 Å². The van der Waals surface area contributed by atoms with Crippen LogP contribution in [0.2, 0.25) is 10.0 Å². The maximum Gasteiger partial charge on any atom is 0.339 e. The quantitative estimate of drug-likeness (QED) is 0.134. The largest absolute Gasteiger partial charge is 0.465 e. The first-order valence-corrected chi connectivity index (χ1v) is 23.8. The summed E-state index contributed by atoms with van der Waals surface area (Å²) in [6, 6.07) is 14.5. The molecule has 2 saturated heterocycles. The summed E-state index contributed by atoms with van der Waals surface area (Å²) in [5.41, 5.74) is 1.93. The number of methoxy groups -OCH3 is 2. The van der Waals surface area contributed by atoms with Gasteiger partial charge >= 0.3 is 11.9 Å². The maximum atomic E-state index is 13.8. The molecular formula is C42H49Cl3F2N6O8S2. The van der Waals surface area contributed by atoms with Gasteiger partial charge in [0, 0.05) is 18.4 Å². The number of nitrogens with zero attached hydrogens (tertiary/aromatic N) is 5. The smallest absolute Gasteiger partial charge is 0.339 e. The van der Waals surface area contributed by atoms with E-state index in [9.17, 15) is 35.2 Å². The molecule has 3 aliphatic rings. The standard InChI is InChI=1S/C23H27ClFN3O4S.C19H21ClFN3O4S.ClH/c1-32-23(29)16-5-6-17(26-14-16)15-28(19-7-8-22(25)21(24)13-19)33(30,31)20-9-11-27(12-10-20)18-3-2-4-18;1-28-19(25)13-2-3-14(23-11-13)12-24(15-4-5-18(21)17(20)10-15)29(26,27)16-6-8-22-9-7-16;/h5-8,13-14,18,20H,2-4,9-12,15H2,1H3;2-5,10-11,16,22H,6-9,12H2,1H3;1H. The summed E-state index contributed by atoms with van der Waals surface area (Å²) in [6.45, 7) is 2.57. The molecular weight excluding hydrogens is 925 g/mol. The van der Waals surface area contributed by atoms with Crippen molar-refractivity contribution in [2.45, 2.75) is 74.6 Å². The lowest BCUT2D eigenvalue weighted by atomic mass is 9.90. The third-order valence-electron chi connectivity index (χ3n) is 11.3. The van der Waals surface area contributed by atoms with E-state index in [1.165, 1.54) is 90.9 Å². The van der Waals surface area contributed by atoms with E-state index in [1.54, 1.807) is 12.1 Å². The first kappa shape index (κ1) is 49.8. The second kappa shape index (κ2) is 22.1. The van der Waals surface area contributed by atoms with Crippen LogP contribution in [-0.4, -0.2) is 101 Å². The summed E-state index contributed by atoms with van der Waals surface area (Å²) in [6.07, 6.45) is 8.32. The normalized spacial score (nSPS) is 16.4. The predicted molar refractivity (Wildman–Crippen MR) is 240 cm³/mol. The van der Waals surface area contributed by atoms with Crippen LogP contribution in [0, 0.1) is 11.6 Å². The van der Waals surface area contributed by atoms with E-state index in [-0.39, 0.29) is 58.0 Å². The van der Waals surface area contributed by atoms with Crippen LogP contribution < -0.4 is 13.9 Å². The highest BCUT2D eigenvalue weighted by Crippen LogP contribution is 2.34. The Morgan fingerprint density at radius 3 is 1.48 bits per heavy atom. The molecule has 0 unspecified atom stereocenters. The van der Waals surface area contributed by atoms with Gasteiger partial charge in [-0.15, -0.1) is 12.4 Å². The molecule has 21 heteroatoms. The third kappa shape index (κ3) is 12.1. The van der Waals surface area contributed by atoms with Gasteiger partial charge in [0.1, 0.15) is 11.6 Å². The molecule has 1 saturated carbocycles. The fraction of sp³-hybridized carbons (Fsp3) is 0.429. The predicted octanol–water partition coefficient (Wildman–Crippen LogP) is 7.18. The van der Waals surface area contributed by atoms with Crippen molar-refractivity contribution in [2.24, 2.45) is 0 Å². The lowest BCUT2D eigenvalue weighted by Gasteiger charge is -2.42. The lowest BCUT2D eigenvalue weighted by Crippen LogP contribution is -2.49. The van der Waals surface area contributed by atoms with Crippen molar-refractivity contribution in [1.82, 2.24) is 20.2 Å². The van der Waals surface area contributed by atoms with Crippen LogP contribution in [0.15, 0.2) is 73.1 Å². The highest BCUT2D eigenvalue weighted by atomic mass is 35.5. The van der Waals surface area contributed by atoms with Gasteiger partial charge in [0.15, 0.2) is 0 Å². The number of carbonyl (C=O) groups is 2. The summed E-state index contributed by atoms with van der Waals surface area (Å²) in [4.78, 5) is 34.1. The van der Waals surface area contributed by atoms with Crippen molar-refractivity contribution in [2.75, 3.05) is 49.0 Å². The third-order valence-corrected chi connectivity index (χ3v) is 16.4. The lowest BCUT2D eigenvalue weighted by molar-refractivity contribution is 0.0591. The molecule has 63 heavy (non-hydrogen) atoms. The van der Waals surface area contributed by atoms with Gasteiger partial charge in [0.25, 0.3) is 0 Å². The highest BCUT2D eigenvalue weighted by Gasteiger charge is 2.38. The first-order valence-electron chi connectivity index (χ1n) is 20.1. The Bertz CT molecular complexity index is 2420. The number of ether oxygens (including phenoxy) is 2. The van der Waals surface area contributed by atoms with E-state index in [0.717, 1.165) is 25.2 Å². The number of hydrogen-bond donors (Lipinski definition) is 1. The van der Waals surface area contributed by atoms with Crippen LogP contribution in [0.5, 0.6) is 0 Å². The molecule has 7 rings (SSSR count). The highest BCUT2D eigenvalue weighted by molar-refractivity contribution is 7.93. The van der Waals surface area contributed by atoms with Crippen molar-refractivity contribution in [3.63, 3.8) is 0 Å². The molecule has 2 aromatic heterocycles. The summed E-state index contributed by atoms with van der Waals surface area (Å²) in [5, 5.41) is 1.71. The number of halogens is 5. The number of benzene rings is 2. The van der Waals surface area contributed by atoms with E-state index < -0.39 is 54.1 Å². The Labute approximate surface area is 382 Å². The molecule has 0 spiro atoms. The Balaban J connectivity index is 0.000000236. The van der Waals surface area contributed by atoms with Crippen LogP contribution in [0.3, 0.4) is 0 Å². The minimum Gasteiger partial charge on any atom is -0.465 e. The van der Waals surface area contributed by atoms with Crippen molar-refractivity contribution < 1.29 is 44.7 Å². The number of sulfonamides is 2. The minimum atomic E-state index is -3.78. The SMILES string of the molecule is COC(=O)c1ccc(CN(c2ccc(F)c(Cl)c2)S(=O)(=O)C2CCN(C3CCC3)CC2)nc1.COC(=O)c1ccc(CN(c2ccc(F)c(Cl)c2)S(=O)(=O)C2CCNCC2)nc1.Cl. The molecule has 1 N–H and O–H groups in total. The van der Waals surface area contributed by atoms with Gasteiger partial charge in [-0.1, -0.05) is 29.6 Å². The van der Waals surface area contributed by atoms with E-state index in [2.05, 4.69) is 29.7 Å². The van der Waals surface area contributed by atoms with Crippen LogP contribution in [0.25, 0.3) is 0 Å². The Kier molecular flexibility index (Phi) is 17.5. The number of anilines is 2. The molecule has 2 aromatic carbocycles. The number of pyridine rings is 2. The average Bonchev–Trinajstić information content (AvgIpc) is 3.26. The number of nitrogens with one attached hydrogen (secondary N) is 1. The zero-order chi connectivity index (χ0) is 44.6. The van der Waals surface area contributed by atoms with Crippen LogP contribution in [0.1, 0.15) is 77.0 Å². The maximum absolute atomic E-state index is 13.8. The van der Waals surface area contributed by atoms with Crippen molar-refractivity contribution in [3.05, 3.63) is 117 Å². The van der Waals surface area contributed by atoms with E-state index in [1.807, 2.05) is 0 Å². The van der Waals surface area contributed by atoms with Gasteiger partial charge < -0.3 is 19.7 Å². The van der Waals surface area contributed by atoms with Crippen molar-refractivity contribution >= 4 is 79.0 Å². The monoisotopic (exact) mass is 972 g/mol. The molecule has 0 bridgehead atoms. The van der Waals surface area contributed by atoms with Crippen molar-refractivity contribution in [3.8, 4) is 0 Å². The molecule has 2 aliphatic heterocycles. The van der Waals surface area contributed by atoms with Crippen LogP contribution >= 0.6 is 35.6 Å². The Hall–Kier alpha value is -4.17. The molecule has 4 heterocycles. The van der Waals surface area contributed by atoms with Crippen LogP contribution in [0.4, 0.5) is 20.2 Å². The van der Waals surface area contributed by atoms with Gasteiger partial charge in [-0.05, 0) is 125 Å². The number of aromatic nitrogens is 2. The summed E-state index contributed by atoms with van der Waals surface area (Å²) in [5.74, 6) is -2.31. The molecule has 0 amide bonds. The zero-order valence-corrected chi connectivity index (χ0v) is 38.6. The fourth-order valence-corrected chi connectivity index (χ4v) is 11.6. The Morgan fingerprint density at radius 2 is 1.13 bits per heavy atom. The number of esters is 2. The summed E-state index contributed by atoms with van der Waals surface area (Å²) in [7, 11) is -4.99. The number of likely N-dealkylation sites (tertiary alicyclic amines) is 1. The molecule has 342 valence electrons. The zero-order valence-electron chi connectivity index (χ0n) is 34.6. The van der Waals surface area contributed by atoms with E-state index in [0.29, 0.717) is 56.2 Å². The average molecular weight is 974 g/mol. The summed E-state index contributed by atoms with van der Waals surface area (Å²) < 4.78 is 93.4. The number of piperidine rings is 2. The van der Waals surface area contributed by atoms with Gasteiger partial charge in [-0.25, -0.2) is 35.2 Å². The second-order valence-corrected chi connectivity index (χ2v) is 20.2. The van der Waals surface area contributed by atoms with Gasteiger partial charge in [0.2, 0.25) is 20.0 Å². The molecule has 4 aromatic rings. The molecule has 14 nitrogen and oxygen atoms in total. The molecule has 3 fully saturated rings. The Morgan fingerprint density at radius 1 is 0.698 bits per heavy atom. The van der Waals surface area contributed by atoms with E-state index in [4.69, 9.17) is 23.2 Å². The van der Waals surface area contributed by atoms with Gasteiger partial charge in [-0.3, -0.25) is 18.6 Å². The van der Waals surface area contributed by atoms with Crippen molar-refractivity contribution in [1.29, 1.82) is 0 Å². The van der Waals surface area contributed by atoms with Crippen LogP contribution in [-0.2, 0) is 42.6 Å².